The van der Waals surface area contributed by atoms with Crippen LogP contribution in [-0.4, -0.2) is 19.1 Å². The van der Waals surface area contributed by atoms with E-state index in [1.165, 1.54) is 12.1 Å². The van der Waals surface area contributed by atoms with Gasteiger partial charge in [-0.15, -0.1) is 0 Å². The molecular formula is C18H12F5NO2. The van der Waals surface area contributed by atoms with Crippen molar-refractivity contribution in [2.75, 3.05) is 13.2 Å². The molecule has 0 bridgehead atoms. The summed E-state index contributed by atoms with van der Waals surface area (Å²) in [5, 5.41) is 2.37. The van der Waals surface area contributed by atoms with Gasteiger partial charge in [-0.3, -0.25) is 4.79 Å². The number of hydrogen-bond acceptors (Lipinski definition) is 2. The van der Waals surface area contributed by atoms with Crippen LogP contribution < -0.4 is 10.1 Å². The van der Waals surface area contributed by atoms with Crippen LogP contribution in [0.2, 0.25) is 0 Å². The standard InChI is InChI=1S/C18H12F5NO2/c19-15-7-6-12(10-16(15)20)17(25)24-8-1-2-9-26-14-5-3-4-13(11-14)18(21,22)23/h3-7,10-11H,8-9H2,(H,24,25). The first-order valence-corrected chi connectivity index (χ1v) is 7.26. The number of nitrogens with one attached hydrogen (secondary N) is 1. The summed E-state index contributed by atoms with van der Waals surface area (Å²) in [6.45, 7) is -0.272. The Labute approximate surface area is 145 Å². The highest BCUT2D eigenvalue weighted by Crippen LogP contribution is 2.31. The molecule has 26 heavy (non-hydrogen) atoms. The van der Waals surface area contributed by atoms with Crippen LogP contribution in [0.1, 0.15) is 15.9 Å². The number of carbonyl (C=O) groups is 1. The molecule has 0 saturated carbocycles. The average Bonchev–Trinajstić information content (AvgIpc) is 2.59. The summed E-state index contributed by atoms with van der Waals surface area (Å²) in [4.78, 5) is 11.7. The van der Waals surface area contributed by atoms with Gasteiger partial charge in [-0.05, 0) is 36.4 Å². The third-order valence-electron chi connectivity index (χ3n) is 3.12. The zero-order chi connectivity index (χ0) is 19.2. The molecule has 0 fully saturated rings. The number of ether oxygens (including phenoxy) is 1. The smallest absolute Gasteiger partial charge is 0.416 e. The minimum atomic E-state index is -4.46. The van der Waals surface area contributed by atoms with E-state index in [-0.39, 0.29) is 24.5 Å². The highest BCUT2D eigenvalue weighted by molar-refractivity contribution is 5.94. The lowest BCUT2D eigenvalue weighted by Gasteiger charge is -2.08. The molecule has 3 nitrogen and oxygen atoms in total. The van der Waals surface area contributed by atoms with Gasteiger partial charge in [0.2, 0.25) is 0 Å². The molecule has 8 heteroatoms. The molecule has 0 saturated heterocycles. The molecule has 2 rings (SSSR count). The van der Waals surface area contributed by atoms with Crippen molar-refractivity contribution in [2.24, 2.45) is 0 Å². The lowest BCUT2D eigenvalue weighted by molar-refractivity contribution is -0.137. The number of hydrogen-bond donors (Lipinski definition) is 1. The van der Waals surface area contributed by atoms with Crippen LogP contribution in [0.3, 0.4) is 0 Å². The van der Waals surface area contributed by atoms with Gasteiger partial charge in [-0.25, -0.2) is 8.78 Å². The molecule has 0 aliphatic carbocycles. The third-order valence-corrected chi connectivity index (χ3v) is 3.12. The normalized spacial score (nSPS) is 10.7. The third kappa shape index (κ3) is 5.48. The van der Waals surface area contributed by atoms with Crippen molar-refractivity contribution >= 4 is 5.91 Å². The number of carbonyl (C=O) groups excluding carboxylic acids is 1. The molecule has 0 aliphatic rings. The summed E-state index contributed by atoms with van der Waals surface area (Å²) >= 11 is 0. The largest absolute Gasteiger partial charge is 0.481 e. The zero-order valence-corrected chi connectivity index (χ0v) is 13.2. The van der Waals surface area contributed by atoms with Crippen molar-refractivity contribution in [3.8, 4) is 17.6 Å². The first-order valence-electron chi connectivity index (χ1n) is 7.26. The second-order valence-corrected chi connectivity index (χ2v) is 4.98. The summed E-state index contributed by atoms with van der Waals surface area (Å²) in [6.07, 6.45) is -4.46. The van der Waals surface area contributed by atoms with Crippen LogP contribution in [-0.2, 0) is 6.18 Å². The van der Waals surface area contributed by atoms with Crippen LogP contribution in [0.5, 0.6) is 5.75 Å². The highest BCUT2D eigenvalue weighted by Gasteiger charge is 2.30. The molecule has 136 valence electrons. The Morgan fingerprint density at radius 1 is 1.04 bits per heavy atom. The van der Waals surface area contributed by atoms with Gasteiger partial charge in [0.05, 0.1) is 12.1 Å². The fraction of sp³-hybridized carbons (Fsp3) is 0.167. The Hall–Kier alpha value is -3.08. The van der Waals surface area contributed by atoms with E-state index < -0.39 is 29.3 Å². The molecular weight excluding hydrogens is 357 g/mol. The number of rotatable bonds is 4. The van der Waals surface area contributed by atoms with E-state index in [0.29, 0.717) is 0 Å². The van der Waals surface area contributed by atoms with Gasteiger partial charge in [0.15, 0.2) is 11.6 Å². The number of amides is 1. The Morgan fingerprint density at radius 2 is 1.81 bits per heavy atom. The van der Waals surface area contributed by atoms with Crippen molar-refractivity contribution < 1.29 is 31.5 Å². The Bertz CT molecular complexity index is 853. The van der Waals surface area contributed by atoms with Crippen LogP contribution in [0.25, 0.3) is 0 Å². The second kappa shape index (κ2) is 8.34. The van der Waals surface area contributed by atoms with Gasteiger partial charge < -0.3 is 10.1 Å². The first kappa shape index (κ1) is 19.2. The molecule has 0 radical (unpaired) electrons. The van der Waals surface area contributed by atoms with Crippen molar-refractivity contribution in [3.63, 3.8) is 0 Å². The Kier molecular flexibility index (Phi) is 6.17. The fourth-order valence-electron chi connectivity index (χ4n) is 1.86. The Morgan fingerprint density at radius 3 is 2.50 bits per heavy atom. The van der Waals surface area contributed by atoms with Gasteiger partial charge in [0.1, 0.15) is 12.4 Å². The van der Waals surface area contributed by atoms with E-state index in [4.69, 9.17) is 4.74 Å². The van der Waals surface area contributed by atoms with Crippen LogP contribution in [0, 0.1) is 23.5 Å². The molecule has 2 aromatic carbocycles. The van der Waals surface area contributed by atoms with Crippen molar-refractivity contribution in [2.45, 2.75) is 6.18 Å². The van der Waals surface area contributed by atoms with E-state index in [9.17, 15) is 26.7 Å². The SMILES string of the molecule is O=C(NCC#CCOc1cccc(C(F)(F)F)c1)c1ccc(F)c(F)c1. The van der Waals surface area contributed by atoms with Crippen LogP contribution in [0.15, 0.2) is 42.5 Å². The second-order valence-electron chi connectivity index (χ2n) is 4.98. The molecule has 0 unspecified atom stereocenters. The maximum Gasteiger partial charge on any atom is 0.416 e. The number of halogens is 5. The summed E-state index contributed by atoms with van der Waals surface area (Å²) in [5.41, 5.74) is -0.896. The van der Waals surface area contributed by atoms with Gasteiger partial charge in [-0.2, -0.15) is 13.2 Å². The molecule has 1 N–H and O–H groups in total. The lowest BCUT2D eigenvalue weighted by atomic mass is 10.2. The molecule has 1 amide bonds. The monoisotopic (exact) mass is 369 g/mol. The topological polar surface area (TPSA) is 38.3 Å². The maximum atomic E-state index is 13.0. The van der Waals surface area contributed by atoms with E-state index in [2.05, 4.69) is 17.2 Å². The molecule has 0 spiro atoms. The van der Waals surface area contributed by atoms with E-state index in [1.807, 2.05) is 0 Å². The molecule has 0 aromatic heterocycles. The van der Waals surface area contributed by atoms with Crippen LogP contribution in [0.4, 0.5) is 22.0 Å². The predicted octanol–water partition coefficient (Wildman–Crippen LogP) is 3.80. The molecule has 2 aromatic rings. The quantitative estimate of drug-likeness (QED) is 0.658. The minimum absolute atomic E-state index is 0.0138. The minimum Gasteiger partial charge on any atom is -0.481 e. The van der Waals surface area contributed by atoms with Crippen molar-refractivity contribution in [1.29, 1.82) is 0 Å². The zero-order valence-electron chi connectivity index (χ0n) is 13.2. The summed E-state index contributed by atoms with van der Waals surface area (Å²) in [6, 6.07) is 7.07. The maximum absolute atomic E-state index is 13.0. The molecule has 0 heterocycles. The first-order chi connectivity index (χ1) is 12.3. The number of alkyl halides is 3. The summed E-state index contributed by atoms with van der Waals surface area (Å²) in [7, 11) is 0. The van der Waals surface area contributed by atoms with Crippen molar-refractivity contribution in [1.82, 2.24) is 5.32 Å². The van der Waals surface area contributed by atoms with Gasteiger partial charge >= 0.3 is 6.18 Å². The van der Waals surface area contributed by atoms with Gasteiger partial charge in [-0.1, -0.05) is 17.9 Å². The summed E-state index contributed by atoms with van der Waals surface area (Å²) in [5.74, 6) is 2.22. The van der Waals surface area contributed by atoms with Gasteiger partial charge in [0.25, 0.3) is 5.91 Å². The van der Waals surface area contributed by atoms with Crippen molar-refractivity contribution in [3.05, 3.63) is 65.2 Å². The van der Waals surface area contributed by atoms with E-state index in [1.54, 1.807) is 0 Å². The van der Waals surface area contributed by atoms with Gasteiger partial charge in [0, 0.05) is 5.56 Å². The Balaban J connectivity index is 1.80. The fourth-order valence-corrected chi connectivity index (χ4v) is 1.86. The average molecular weight is 369 g/mol. The van der Waals surface area contributed by atoms with Crippen LogP contribution >= 0.6 is 0 Å². The molecule has 0 aliphatic heterocycles. The lowest BCUT2D eigenvalue weighted by Crippen LogP contribution is -2.23. The van der Waals surface area contributed by atoms with E-state index >= 15 is 0 Å². The summed E-state index contributed by atoms with van der Waals surface area (Å²) < 4.78 is 68.5. The number of benzene rings is 2. The van der Waals surface area contributed by atoms with E-state index in [0.717, 1.165) is 30.3 Å². The predicted molar refractivity (Wildman–Crippen MR) is 83.4 cm³/mol. The molecule has 0 atom stereocenters. The highest BCUT2D eigenvalue weighted by atomic mass is 19.4.